The Hall–Kier alpha value is -3.86. The molecule has 0 saturated carbocycles. The smallest absolute Gasteiger partial charge is 0.255 e. The minimum absolute atomic E-state index is 0.0286. The van der Waals surface area contributed by atoms with Crippen LogP contribution in [0.1, 0.15) is 29.3 Å². The van der Waals surface area contributed by atoms with E-state index in [1.807, 2.05) is 79.7 Å². The normalized spacial score (nSPS) is 11.7. The number of aromatic nitrogens is 2. The van der Waals surface area contributed by atoms with Gasteiger partial charge in [0.25, 0.3) is 5.91 Å². The molecule has 1 aromatic heterocycles. The first-order valence-electron chi connectivity index (χ1n) is 10.8. The number of carbonyl (C=O) groups excluding carboxylic acids is 1. The molecule has 5 heteroatoms. The number of amides is 1. The van der Waals surface area contributed by atoms with Crippen LogP contribution < -0.4 is 10.1 Å². The van der Waals surface area contributed by atoms with Gasteiger partial charge in [0.05, 0.1) is 18.4 Å². The van der Waals surface area contributed by atoms with Crippen LogP contribution in [0.2, 0.25) is 0 Å². The molecule has 0 spiro atoms. The Labute approximate surface area is 188 Å². The van der Waals surface area contributed by atoms with E-state index < -0.39 is 0 Å². The van der Waals surface area contributed by atoms with Gasteiger partial charge < -0.3 is 10.1 Å². The number of benzene rings is 3. The number of para-hydroxylation sites is 1. The van der Waals surface area contributed by atoms with Crippen molar-refractivity contribution >= 4 is 5.91 Å². The number of hydrogen-bond donors (Lipinski definition) is 1. The molecule has 0 radical (unpaired) electrons. The quantitative estimate of drug-likeness (QED) is 0.417. The van der Waals surface area contributed by atoms with Crippen LogP contribution in [0.4, 0.5) is 0 Å². The molecule has 1 atom stereocenters. The summed E-state index contributed by atoms with van der Waals surface area (Å²) in [6.07, 6.45) is 3.56. The average Bonchev–Trinajstić information content (AvgIpc) is 3.30. The van der Waals surface area contributed by atoms with E-state index in [4.69, 9.17) is 9.84 Å². The fraction of sp³-hybridized carbons (Fsp3) is 0.185. The summed E-state index contributed by atoms with van der Waals surface area (Å²) >= 11 is 0. The van der Waals surface area contributed by atoms with E-state index in [0.717, 1.165) is 29.8 Å². The third-order valence-corrected chi connectivity index (χ3v) is 5.41. The summed E-state index contributed by atoms with van der Waals surface area (Å²) < 4.78 is 7.12. The number of nitrogens with one attached hydrogen (secondary N) is 1. The third kappa shape index (κ3) is 5.06. The Bertz CT molecular complexity index is 1170. The molecule has 0 fully saturated rings. The van der Waals surface area contributed by atoms with E-state index in [0.29, 0.717) is 11.3 Å². The highest BCUT2D eigenvalue weighted by Gasteiger charge is 2.20. The number of rotatable bonds is 8. The Kier molecular flexibility index (Phi) is 6.66. The van der Waals surface area contributed by atoms with Gasteiger partial charge in [-0.25, -0.2) is 4.68 Å². The van der Waals surface area contributed by atoms with Crippen LogP contribution in [0.15, 0.2) is 91.1 Å². The highest BCUT2D eigenvalue weighted by Crippen LogP contribution is 2.27. The Morgan fingerprint density at radius 2 is 1.72 bits per heavy atom. The fourth-order valence-corrected chi connectivity index (χ4v) is 3.64. The second-order valence-electron chi connectivity index (χ2n) is 7.80. The first-order valence-corrected chi connectivity index (χ1v) is 10.8. The van der Waals surface area contributed by atoms with Crippen LogP contribution in [0.3, 0.4) is 0 Å². The molecule has 4 rings (SSSR count). The lowest BCUT2D eigenvalue weighted by atomic mass is 10.0. The van der Waals surface area contributed by atoms with Crippen molar-refractivity contribution in [3.63, 3.8) is 0 Å². The average molecular weight is 426 g/mol. The zero-order valence-electron chi connectivity index (χ0n) is 18.4. The Morgan fingerprint density at radius 3 is 2.44 bits per heavy atom. The van der Waals surface area contributed by atoms with Gasteiger partial charge in [-0.05, 0) is 49.6 Å². The van der Waals surface area contributed by atoms with E-state index in [9.17, 15) is 4.79 Å². The summed E-state index contributed by atoms with van der Waals surface area (Å²) in [6.45, 7) is 2.04. The van der Waals surface area contributed by atoms with Crippen LogP contribution >= 0.6 is 0 Å². The zero-order valence-corrected chi connectivity index (χ0v) is 18.4. The molecule has 0 aliphatic heterocycles. The summed E-state index contributed by atoms with van der Waals surface area (Å²) in [6, 6.07) is 27.7. The molecule has 3 aromatic carbocycles. The number of hydrogen-bond acceptors (Lipinski definition) is 3. The summed E-state index contributed by atoms with van der Waals surface area (Å²) in [7, 11) is 1.63. The summed E-state index contributed by atoms with van der Waals surface area (Å²) in [4.78, 5) is 13.3. The van der Waals surface area contributed by atoms with E-state index >= 15 is 0 Å². The topological polar surface area (TPSA) is 56.2 Å². The van der Waals surface area contributed by atoms with Gasteiger partial charge in [-0.15, -0.1) is 0 Å². The van der Waals surface area contributed by atoms with Gasteiger partial charge in [0, 0.05) is 17.8 Å². The van der Waals surface area contributed by atoms with Crippen LogP contribution in [0, 0.1) is 0 Å². The van der Waals surface area contributed by atoms with Crippen LogP contribution in [0.25, 0.3) is 16.9 Å². The van der Waals surface area contributed by atoms with Crippen LogP contribution in [-0.4, -0.2) is 28.8 Å². The van der Waals surface area contributed by atoms with E-state index in [2.05, 4.69) is 17.4 Å². The maximum Gasteiger partial charge on any atom is 0.255 e. The predicted molar refractivity (Wildman–Crippen MR) is 127 cm³/mol. The van der Waals surface area contributed by atoms with Gasteiger partial charge in [-0.3, -0.25) is 4.79 Å². The maximum absolute atomic E-state index is 13.3. The lowest BCUT2D eigenvalue weighted by molar-refractivity contribution is 0.0939. The molecular formula is C27H27N3O2. The largest absolute Gasteiger partial charge is 0.497 e. The molecule has 0 aliphatic rings. The highest BCUT2D eigenvalue weighted by molar-refractivity contribution is 6.00. The van der Waals surface area contributed by atoms with Crippen molar-refractivity contribution < 1.29 is 9.53 Å². The molecule has 1 heterocycles. The van der Waals surface area contributed by atoms with Gasteiger partial charge in [-0.1, -0.05) is 60.7 Å². The standard InChI is InChI=1S/C27H27N3O2/c1-20(16-17-21-10-5-3-6-11-21)28-27(31)25-19-30(23-13-7-4-8-14-23)29-26(25)22-12-9-15-24(18-22)32-2/h3-15,18-20H,16-17H2,1-2H3,(H,28,31). The fourth-order valence-electron chi connectivity index (χ4n) is 3.64. The number of methoxy groups -OCH3 is 1. The monoisotopic (exact) mass is 425 g/mol. The molecule has 1 amide bonds. The van der Waals surface area contributed by atoms with Crippen LogP contribution in [-0.2, 0) is 6.42 Å². The summed E-state index contributed by atoms with van der Waals surface area (Å²) in [5.41, 5.74) is 4.16. The molecule has 5 nitrogen and oxygen atoms in total. The van der Waals surface area contributed by atoms with Gasteiger partial charge in [-0.2, -0.15) is 5.10 Å². The maximum atomic E-state index is 13.3. The molecule has 0 saturated heterocycles. The van der Waals surface area contributed by atoms with Crippen molar-refractivity contribution in [3.8, 4) is 22.7 Å². The zero-order chi connectivity index (χ0) is 22.3. The first-order chi connectivity index (χ1) is 15.6. The van der Waals surface area contributed by atoms with Crippen molar-refractivity contribution in [2.45, 2.75) is 25.8 Å². The molecule has 0 bridgehead atoms. The van der Waals surface area contributed by atoms with Crippen molar-refractivity contribution in [2.75, 3.05) is 7.11 Å². The summed E-state index contributed by atoms with van der Waals surface area (Å²) in [5, 5.41) is 7.89. The molecular weight excluding hydrogens is 398 g/mol. The first kappa shape index (κ1) is 21.4. The SMILES string of the molecule is COc1cccc(-c2nn(-c3ccccc3)cc2C(=O)NC(C)CCc2ccccc2)c1. The predicted octanol–water partition coefficient (Wildman–Crippen LogP) is 5.30. The van der Waals surface area contributed by atoms with E-state index in [1.165, 1.54) is 5.56 Å². The lowest BCUT2D eigenvalue weighted by Crippen LogP contribution is -2.33. The van der Waals surface area contributed by atoms with Crippen molar-refractivity contribution in [1.82, 2.24) is 15.1 Å². The minimum Gasteiger partial charge on any atom is -0.497 e. The minimum atomic E-state index is -0.134. The second-order valence-corrected chi connectivity index (χ2v) is 7.80. The van der Waals surface area contributed by atoms with Crippen molar-refractivity contribution in [1.29, 1.82) is 0 Å². The molecule has 4 aromatic rings. The third-order valence-electron chi connectivity index (χ3n) is 5.41. The van der Waals surface area contributed by atoms with Gasteiger partial charge in [0.15, 0.2) is 0 Å². The van der Waals surface area contributed by atoms with E-state index in [1.54, 1.807) is 18.0 Å². The van der Waals surface area contributed by atoms with Crippen molar-refractivity contribution in [3.05, 3.63) is 102 Å². The molecule has 1 unspecified atom stereocenters. The van der Waals surface area contributed by atoms with Gasteiger partial charge >= 0.3 is 0 Å². The molecule has 0 aliphatic carbocycles. The van der Waals surface area contributed by atoms with Crippen molar-refractivity contribution in [2.24, 2.45) is 0 Å². The Morgan fingerprint density at radius 1 is 1.00 bits per heavy atom. The second kappa shape index (κ2) is 9.96. The molecule has 32 heavy (non-hydrogen) atoms. The summed E-state index contributed by atoms with van der Waals surface area (Å²) in [5.74, 6) is 0.588. The number of aryl methyl sites for hydroxylation is 1. The molecule has 1 N–H and O–H groups in total. The lowest BCUT2D eigenvalue weighted by Gasteiger charge is -2.14. The number of carbonyl (C=O) groups is 1. The number of ether oxygens (including phenoxy) is 1. The number of nitrogens with zero attached hydrogens (tertiary/aromatic N) is 2. The van der Waals surface area contributed by atoms with E-state index in [-0.39, 0.29) is 11.9 Å². The van der Waals surface area contributed by atoms with Crippen LogP contribution in [0.5, 0.6) is 5.75 Å². The van der Waals surface area contributed by atoms with Gasteiger partial charge in [0.1, 0.15) is 11.4 Å². The molecule has 162 valence electrons. The van der Waals surface area contributed by atoms with Gasteiger partial charge in [0.2, 0.25) is 0 Å². The highest BCUT2D eigenvalue weighted by atomic mass is 16.5. The Balaban J connectivity index is 1.59.